The molecule has 3 aromatic rings. The average molecular weight is 536 g/mol. The highest BCUT2D eigenvalue weighted by Crippen LogP contribution is 2.33. The van der Waals surface area contributed by atoms with Crippen LogP contribution < -0.4 is 14.4 Å². The van der Waals surface area contributed by atoms with Crippen molar-refractivity contribution >= 4 is 28.8 Å². The Balaban J connectivity index is 1.29. The van der Waals surface area contributed by atoms with Crippen LogP contribution in [0.25, 0.3) is 11.0 Å². The first-order valence-electron chi connectivity index (χ1n) is 13.8. The second-order valence-electron chi connectivity index (χ2n) is 9.92. The number of urea groups is 1. The molecule has 2 aliphatic rings. The van der Waals surface area contributed by atoms with Gasteiger partial charge in [-0.05, 0) is 42.7 Å². The third-order valence-corrected chi connectivity index (χ3v) is 7.35. The maximum atomic E-state index is 13.6. The van der Waals surface area contributed by atoms with Crippen LogP contribution >= 0.6 is 0 Å². The lowest BCUT2D eigenvalue weighted by atomic mass is 10.1. The van der Waals surface area contributed by atoms with Gasteiger partial charge >= 0.3 is 12.1 Å². The molecule has 4 heterocycles. The lowest BCUT2D eigenvalue weighted by Gasteiger charge is -2.36. The minimum absolute atomic E-state index is 0.0275. The molecule has 0 unspecified atom stereocenters. The number of unbranched alkanes of at least 4 members (excludes halogenated alkanes) is 2. The standard InChI is InChI=1S/C29H37N5O5/c1-3-4-5-18-38-26-20-23(7-8-25(26)37-2)34-13-6-12-33(28(34)35)21-22-9-11-30-27-24(22)10-14-31(27)15-16-32-17-19-39-29(32)36/h7-11,14,20H,3-6,12-13,15-19,21H2,1-2H3. The summed E-state index contributed by atoms with van der Waals surface area (Å²) in [6, 6.07) is 9.69. The number of pyridine rings is 1. The molecule has 5 rings (SSSR count). The van der Waals surface area contributed by atoms with Gasteiger partial charge in [-0.15, -0.1) is 0 Å². The van der Waals surface area contributed by atoms with E-state index in [4.69, 9.17) is 14.2 Å². The van der Waals surface area contributed by atoms with Crippen LogP contribution in [0.3, 0.4) is 0 Å². The van der Waals surface area contributed by atoms with Crippen LogP contribution in [0, 0.1) is 0 Å². The summed E-state index contributed by atoms with van der Waals surface area (Å²) < 4.78 is 18.6. The molecule has 1 aromatic carbocycles. The molecule has 2 aromatic heterocycles. The van der Waals surface area contributed by atoms with Gasteiger partial charge in [0.15, 0.2) is 11.5 Å². The van der Waals surface area contributed by atoms with Gasteiger partial charge in [0.2, 0.25) is 0 Å². The Morgan fingerprint density at radius 1 is 1.00 bits per heavy atom. The van der Waals surface area contributed by atoms with Crippen molar-refractivity contribution in [1.29, 1.82) is 0 Å². The predicted molar refractivity (Wildman–Crippen MR) is 148 cm³/mol. The first-order chi connectivity index (χ1) is 19.1. The molecular formula is C29H37N5O5. The zero-order valence-corrected chi connectivity index (χ0v) is 22.8. The van der Waals surface area contributed by atoms with Crippen molar-refractivity contribution in [1.82, 2.24) is 19.4 Å². The van der Waals surface area contributed by atoms with Gasteiger partial charge in [-0.2, -0.15) is 0 Å². The number of rotatable bonds is 12. The molecule has 208 valence electrons. The van der Waals surface area contributed by atoms with Gasteiger partial charge < -0.3 is 28.6 Å². The molecule has 0 radical (unpaired) electrons. The molecule has 0 saturated carbocycles. The van der Waals surface area contributed by atoms with Gasteiger partial charge in [0.25, 0.3) is 0 Å². The first-order valence-corrected chi connectivity index (χ1v) is 13.8. The average Bonchev–Trinajstić information content (AvgIpc) is 3.57. The van der Waals surface area contributed by atoms with Crippen molar-refractivity contribution < 1.29 is 23.8 Å². The number of anilines is 1. The van der Waals surface area contributed by atoms with Crippen LogP contribution in [0.2, 0.25) is 0 Å². The van der Waals surface area contributed by atoms with Crippen molar-refractivity contribution in [2.45, 2.75) is 45.7 Å². The number of amides is 3. The van der Waals surface area contributed by atoms with E-state index in [-0.39, 0.29) is 12.1 Å². The summed E-state index contributed by atoms with van der Waals surface area (Å²) in [5, 5.41) is 1.01. The van der Waals surface area contributed by atoms with E-state index < -0.39 is 0 Å². The molecule has 10 heteroatoms. The predicted octanol–water partition coefficient (Wildman–Crippen LogP) is 4.90. The zero-order chi connectivity index (χ0) is 27.2. The Labute approximate surface area is 229 Å². The molecule has 39 heavy (non-hydrogen) atoms. The van der Waals surface area contributed by atoms with E-state index in [9.17, 15) is 9.59 Å². The van der Waals surface area contributed by atoms with Crippen molar-refractivity contribution in [2.24, 2.45) is 0 Å². The second kappa shape index (κ2) is 12.3. The second-order valence-corrected chi connectivity index (χ2v) is 9.92. The summed E-state index contributed by atoms with van der Waals surface area (Å²) in [7, 11) is 1.63. The van der Waals surface area contributed by atoms with E-state index in [1.54, 1.807) is 18.2 Å². The third kappa shape index (κ3) is 5.89. The fourth-order valence-corrected chi connectivity index (χ4v) is 5.18. The number of carbonyl (C=O) groups is 2. The molecule has 0 bridgehead atoms. The highest BCUT2D eigenvalue weighted by molar-refractivity contribution is 5.93. The van der Waals surface area contributed by atoms with Crippen LogP contribution in [-0.2, 0) is 17.8 Å². The summed E-state index contributed by atoms with van der Waals surface area (Å²) in [5.74, 6) is 1.33. The number of methoxy groups -OCH3 is 1. The summed E-state index contributed by atoms with van der Waals surface area (Å²) in [6.45, 7) is 6.87. The number of hydrogen-bond donors (Lipinski definition) is 0. The van der Waals surface area contributed by atoms with Crippen LogP contribution in [-0.4, -0.2) is 78.0 Å². The molecule has 0 N–H and O–H groups in total. The summed E-state index contributed by atoms with van der Waals surface area (Å²) in [6.07, 6.45) is 7.60. The van der Waals surface area contributed by atoms with Gasteiger partial charge in [0.05, 0.1) is 20.3 Å². The van der Waals surface area contributed by atoms with Crippen molar-refractivity contribution in [3.05, 3.63) is 48.3 Å². The first kappa shape index (κ1) is 26.6. The van der Waals surface area contributed by atoms with Crippen LogP contribution in [0.1, 0.15) is 38.2 Å². The van der Waals surface area contributed by atoms with Gasteiger partial charge in [0.1, 0.15) is 12.3 Å². The topological polar surface area (TPSA) is 89.4 Å². The molecule has 2 aliphatic heterocycles. The number of hydrogen-bond acceptors (Lipinski definition) is 6. The van der Waals surface area contributed by atoms with Crippen LogP contribution in [0.5, 0.6) is 11.5 Å². The van der Waals surface area contributed by atoms with Crippen LogP contribution in [0.4, 0.5) is 15.3 Å². The number of benzene rings is 1. The van der Waals surface area contributed by atoms with Crippen molar-refractivity contribution in [2.75, 3.05) is 51.4 Å². The molecule has 0 atom stereocenters. The van der Waals surface area contributed by atoms with E-state index >= 15 is 0 Å². The highest BCUT2D eigenvalue weighted by Gasteiger charge is 2.28. The van der Waals surface area contributed by atoms with Gasteiger partial charge in [-0.3, -0.25) is 4.90 Å². The number of cyclic esters (lactones) is 1. The Bertz CT molecular complexity index is 1310. The van der Waals surface area contributed by atoms with E-state index in [0.29, 0.717) is 64.0 Å². The van der Waals surface area contributed by atoms with E-state index in [2.05, 4.69) is 11.9 Å². The van der Waals surface area contributed by atoms with E-state index in [0.717, 1.165) is 48.0 Å². The molecule has 0 aliphatic carbocycles. The molecule has 0 spiro atoms. The third-order valence-electron chi connectivity index (χ3n) is 7.35. The summed E-state index contributed by atoms with van der Waals surface area (Å²) >= 11 is 0. The summed E-state index contributed by atoms with van der Waals surface area (Å²) in [5.41, 5.74) is 2.70. The van der Waals surface area contributed by atoms with E-state index in [1.807, 2.05) is 50.9 Å². The number of aromatic nitrogens is 2. The SMILES string of the molecule is CCCCCOc1cc(N2CCCN(Cc3ccnc4c3ccn4CCN3CCOC3=O)C2=O)ccc1OC. The minimum atomic E-state index is -0.264. The minimum Gasteiger partial charge on any atom is -0.493 e. The van der Waals surface area contributed by atoms with Gasteiger partial charge in [0, 0.05) is 62.3 Å². The number of carbonyl (C=O) groups excluding carboxylic acids is 2. The Morgan fingerprint density at radius 2 is 1.90 bits per heavy atom. The maximum absolute atomic E-state index is 13.6. The Hall–Kier alpha value is -3.95. The lowest BCUT2D eigenvalue weighted by Crippen LogP contribution is -2.49. The van der Waals surface area contributed by atoms with E-state index in [1.165, 1.54) is 0 Å². The molecular weight excluding hydrogens is 498 g/mol. The van der Waals surface area contributed by atoms with Gasteiger partial charge in [-0.25, -0.2) is 14.6 Å². The van der Waals surface area contributed by atoms with Gasteiger partial charge in [-0.1, -0.05) is 19.8 Å². The smallest absolute Gasteiger partial charge is 0.410 e. The fraction of sp³-hybridized carbons (Fsp3) is 0.483. The highest BCUT2D eigenvalue weighted by atomic mass is 16.6. The summed E-state index contributed by atoms with van der Waals surface area (Å²) in [4.78, 5) is 35.4. The maximum Gasteiger partial charge on any atom is 0.410 e. The molecule has 10 nitrogen and oxygen atoms in total. The largest absolute Gasteiger partial charge is 0.493 e. The zero-order valence-electron chi connectivity index (χ0n) is 22.8. The number of ether oxygens (including phenoxy) is 3. The normalized spacial score (nSPS) is 15.8. The van der Waals surface area contributed by atoms with Crippen molar-refractivity contribution in [3.63, 3.8) is 0 Å². The Kier molecular flexibility index (Phi) is 8.39. The quantitative estimate of drug-likeness (QED) is 0.307. The van der Waals surface area contributed by atoms with Crippen LogP contribution in [0.15, 0.2) is 42.7 Å². The Morgan fingerprint density at radius 3 is 2.69 bits per heavy atom. The molecule has 2 fully saturated rings. The lowest BCUT2D eigenvalue weighted by molar-refractivity contribution is 0.157. The number of nitrogens with zero attached hydrogens (tertiary/aromatic N) is 5. The van der Waals surface area contributed by atoms with Crippen molar-refractivity contribution in [3.8, 4) is 11.5 Å². The number of fused-ring (bicyclic) bond motifs is 1. The fourth-order valence-electron chi connectivity index (χ4n) is 5.18. The molecule has 2 saturated heterocycles. The molecule has 3 amide bonds. The monoisotopic (exact) mass is 535 g/mol.